The van der Waals surface area contributed by atoms with Crippen LogP contribution in [0.4, 0.5) is 17.6 Å². The lowest BCUT2D eigenvalue weighted by Crippen LogP contribution is -2.54. The van der Waals surface area contributed by atoms with Crippen LogP contribution in [-0.2, 0) is 4.74 Å². The van der Waals surface area contributed by atoms with E-state index in [1.165, 1.54) is 11.5 Å². The molecule has 3 aromatic carbocycles. The Morgan fingerprint density at radius 2 is 1.57 bits per heavy atom. The van der Waals surface area contributed by atoms with Gasteiger partial charge in [-0.1, -0.05) is 0 Å². The highest BCUT2D eigenvalue weighted by molar-refractivity contribution is 6.39. The minimum absolute atomic E-state index is 0.00839. The van der Waals surface area contributed by atoms with Crippen molar-refractivity contribution in [3.8, 4) is 0 Å². The Balaban J connectivity index is 1.75. The minimum Gasteiger partial charge on any atom is -0.394 e. The maximum Gasteiger partial charge on any atom is 0.259 e. The number of aliphatic hydroxyl groups excluding tert-OH is 2. The second kappa shape index (κ2) is 8.01. The van der Waals surface area contributed by atoms with Gasteiger partial charge in [-0.2, -0.15) is 0 Å². The highest BCUT2D eigenvalue weighted by Gasteiger charge is 2.47. The summed E-state index contributed by atoms with van der Waals surface area (Å²) in [7, 11) is 0. The third kappa shape index (κ3) is 3.11. The van der Waals surface area contributed by atoms with E-state index in [1.54, 1.807) is 0 Å². The molecule has 0 aliphatic carbocycles. The maximum absolute atomic E-state index is 14.7. The van der Waals surface area contributed by atoms with Gasteiger partial charge in [0.25, 0.3) is 11.8 Å². The molecule has 206 valence electrons. The first kappa shape index (κ1) is 25.0. The zero-order chi connectivity index (χ0) is 28.4. The van der Waals surface area contributed by atoms with Gasteiger partial charge in [-0.25, -0.2) is 17.6 Å². The first-order valence-corrected chi connectivity index (χ1v) is 12.2. The molecule has 1 unspecified atom stereocenters. The normalized spacial score (nSPS) is 25.1. The van der Waals surface area contributed by atoms with E-state index in [4.69, 9.17) is 4.74 Å². The van der Waals surface area contributed by atoms with Gasteiger partial charge in [-0.05, 0) is 19.1 Å². The average Bonchev–Trinajstić information content (AvgIpc) is 3.50. The van der Waals surface area contributed by atoms with E-state index in [2.05, 4.69) is 10.3 Å². The van der Waals surface area contributed by atoms with Crippen LogP contribution in [0.3, 0.4) is 0 Å². The van der Waals surface area contributed by atoms with Crippen LogP contribution in [0, 0.1) is 23.3 Å². The van der Waals surface area contributed by atoms with Gasteiger partial charge in [0.15, 0.2) is 29.5 Å². The molecule has 2 aliphatic rings. The summed E-state index contributed by atoms with van der Waals surface area (Å²) in [5, 5.41) is 34.2. The predicted octanol–water partition coefficient (Wildman–Crippen LogP) is 3.26. The molecule has 7 rings (SSSR count). The Bertz CT molecular complexity index is 1980. The van der Waals surface area contributed by atoms with Gasteiger partial charge in [0, 0.05) is 45.6 Å². The number of halogens is 4. The lowest BCUT2D eigenvalue weighted by molar-refractivity contribution is -0.237. The number of nitrogens with zero attached hydrogens (tertiary/aromatic N) is 1. The number of H-pyrrole nitrogens is 1. The molecule has 2 aliphatic heterocycles. The number of aliphatic hydroxyl groups is 3. The van der Waals surface area contributed by atoms with Crippen molar-refractivity contribution >= 4 is 55.4 Å². The number of hydrogen-bond donors (Lipinski definition) is 5. The van der Waals surface area contributed by atoms with Crippen LogP contribution < -0.4 is 5.32 Å². The lowest BCUT2D eigenvalue weighted by atomic mass is 9.88. The number of rotatable bonds is 2. The summed E-state index contributed by atoms with van der Waals surface area (Å²) in [5.41, 5.74) is -2.18. The number of carbonyl (C=O) groups is 2. The largest absolute Gasteiger partial charge is 0.394 e. The third-order valence-corrected chi connectivity index (χ3v) is 7.89. The molecule has 0 radical (unpaired) electrons. The second-order valence-corrected chi connectivity index (χ2v) is 10.4. The first-order chi connectivity index (χ1) is 18.9. The van der Waals surface area contributed by atoms with E-state index in [9.17, 15) is 42.5 Å². The number of amides is 2. The van der Waals surface area contributed by atoms with E-state index >= 15 is 0 Å². The average molecular weight is 557 g/mol. The molecule has 0 saturated carbocycles. The molecule has 40 heavy (non-hydrogen) atoms. The van der Waals surface area contributed by atoms with E-state index in [-0.39, 0.29) is 61.2 Å². The van der Waals surface area contributed by atoms with Crippen molar-refractivity contribution in [1.29, 1.82) is 0 Å². The molecule has 4 heterocycles. The molecule has 5 aromatic rings. The van der Waals surface area contributed by atoms with Gasteiger partial charge in [-0.15, -0.1) is 0 Å². The number of imide groups is 1. The van der Waals surface area contributed by atoms with Crippen molar-refractivity contribution < 1.29 is 47.2 Å². The molecule has 1 saturated heterocycles. The summed E-state index contributed by atoms with van der Waals surface area (Å²) in [5.74, 6) is -6.65. The first-order valence-electron chi connectivity index (χ1n) is 12.2. The molecule has 4 atom stereocenters. The number of benzene rings is 3. The predicted molar refractivity (Wildman–Crippen MR) is 133 cm³/mol. The fraction of sp³-hybridized carbons (Fsp3) is 0.259. The standard InChI is InChI=1S/C27H19F4N3O6/c1-27(39)6-8(7-35)40-26(23(27)36)34-16-5-14(31)12(29)3-10(16)18-20-19(24(37)33-25(20)38)17-9-2-11(28)13(30)4-15(9)32-21(17)22(18)34/h2-5,8,23,26,32,35-36,39H,6-7H2,1H3,(H,33,37,38)/t8-,23-,26?,27+/m0/s1. The van der Waals surface area contributed by atoms with Crippen molar-refractivity contribution in [1.82, 2.24) is 14.9 Å². The molecule has 0 spiro atoms. The van der Waals surface area contributed by atoms with Crippen LogP contribution in [0.25, 0.3) is 43.6 Å². The molecule has 0 bridgehead atoms. The number of aromatic amines is 1. The summed E-state index contributed by atoms with van der Waals surface area (Å²) < 4.78 is 65.1. The molecular weight excluding hydrogens is 538 g/mol. The number of nitrogens with one attached hydrogen (secondary N) is 2. The quantitative estimate of drug-likeness (QED) is 0.167. The number of aromatic nitrogens is 2. The molecule has 9 nitrogen and oxygen atoms in total. The van der Waals surface area contributed by atoms with E-state index in [1.807, 2.05) is 0 Å². The Labute approximate surface area is 220 Å². The number of ether oxygens (including phenoxy) is 1. The zero-order valence-corrected chi connectivity index (χ0v) is 20.5. The Morgan fingerprint density at radius 3 is 2.25 bits per heavy atom. The molecule has 2 amide bonds. The summed E-state index contributed by atoms with van der Waals surface area (Å²) in [6.45, 7) is 0.768. The van der Waals surface area contributed by atoms with Crippen molar-refractivity contribution in [3.05, 3.63) is 58.7 Å². The SMILES string of the molecule is C[C@@]1(O)C[C@@H](CO)OC(n2c3cc(F)c(F)cc3c3c4c(c5c6cc(F)c(F)cc6[nH]c5c32)C(=O)NC4=O)[C@@H]1O. The van der Waals surface area contributed by atoms with Crippen molar-refractivity contribution in [2.75, 3.05) is 6.61 Å². The zero-order valence-electron chi connectivity index (χ0n) is 20.5. The Hall–Kier alpha value is -4.04. The second-order valence-electron chi connectivity index (χ2n) is 10.4. The van der Waals surface area contributed by atoms with E-state index in [0.29, 0.717) is 0 Å². The van der Waals surface area contributed by atoms with Gasteiger partial charge in [0.2, 0.25) is 0 Å². The van der Waals surface area contributed by atoms with Gasteiger partial charge < -0.3 is 29.6 Å². The van der Waals surface area contributed by atoms with E-state index in [0.717, 1.165) is 24.3 Å². The highest BCUT2D eigenvalue weighted by Crippen LogP contribution is 2.47. The Kier molecular flexibility index (Phi) is 5.00. The van der Waals surface area contributed by atoms with Crippen LogP contribution in [0.2, 0.25) is 0 Å². The van der Waals surface area contributed by atoms with Crippen molar-refractivity contribution in [2.45, 2.75) is 37.4 Å². The van der Waals surface area contributed by atoms with Crippen molar-refractivity contribution in [2.24, 2.45) is 0 Å². The molecule has 13 heteroatoms. The topological polar surface area (TPSA) is 137 Å². The molecule has 2 aromatic heterocycles. The van der Waals surface area contributed by atoms with Crippen LogP contribution in [0.5, 0.6) is 0 Å². The summed E-state index contributed by atoms with van der Waals surface area (Å²) in [6, 6.07) is 3.36. The van der Waals surface area contributed by atoms with Gasteiger partial charge in [0.1, 0.15) is 6.10 Å². The minimum atomic E-state index is -1.81. The molecular formula is C27H19F4N3O6. The highest BCUT2D eigenvalue weighted by atomic mass is 19.2. The fourth-order valence-corrected chi connectivity index (χ4v) is 6.14. The molecule has 1 fully saturated rings. The van der Waals surface area contributed by atoms with Crippen molar-refractivity contribution in [3.63, 3.8) is 0 Å². The van der Waals surface area contributed by atoms with Gasteiger partial charge >= 0.3 is 0 Å². The van der Waals surface area contributed by atoms with Gasteiger partial charge in [0.05, 0.1) is 46.0 Å². The van der Waals surface area contributed by atoms with Crippen LogP contribution >= 0.6 is 0 Å². The Morgan fingerprint density at radius 1 is 0.975 bits per heavy atom. The summed E-state index contributed by atoms with van der Waals surface area (Å²) >= 11 is 0. The molecule has 5 N–H and O–H groups in total. The van der Waals surface area contributed by atoms with Crippen LogP contribution in [-0.4, -0.2) is 61.1 Å². The van der Waals surface area contributed by atoms with Crippen LogP contribution in [0.15, 0.2) is 24.3 Å². The van der Waals surface area contributed by atoms with Crippen LogP contribution in [0.1, 0.15) is 40.3 Å². The lowest BCUT2D eigenvalue weighted by Gasteiger charge is -2.43. The summed E-state index contributed by atoms with van der Waals surface area (Å²) in [6.07, 6.45) is -4.34. The number of carbonyl (C=O) groups excluding carboxylic acids is 2. The maximum atomic E-state index is 14.7. The monoisotopic (exact) mass is 557 g/mol. The smallest absolute Gasteiger partial charge is 0.259 e. The number of hydrogen-bond acceptors (Lipinski definition) is 6. The third-order valence-electron chi connectivity index (χ3n) is 7.89. The fourth-order valence-electron chi connectivity index (χ4n) is 6.14. The number of fused-ring (bicyclic) bond motifs is 10. The van der Waals surface area contributed by atoms with Gasteiger partial charge in [-0.3, -0.25) is 14.9 Å². The summed E-state index contributed by atoms with van der Waals surface area (Å²) in [4.78, 5) is 29.1. The van der Waals surface area contributed by atoms with E-state index < -0.39 is 65.7 Å².